The Balaban J connectivity index is 1.90. The zero-order valence-electron chi connectivity index (χ0n) is 19.0. The number of nitrogens with one attached hydrogen (secondary N) is 1. The first-order chi connectivity index (χ1) is 14.4. The summed E-state index contributed by atoms with van der Waals surface area (Å²) in [6.45, 7) is 10.0. The van der Waals surface area contributed by atoms with Gasteiger partial charge in [-0.25, -0.2) is 0 Å². The van der Waals surface area contributed by atoms with E-state index in [0.717, 1.165) is 24.2 Å². The van der Waals surface area contributed by atoms with Crippen LogP contribution in [0.3, 0.4) is 0 Å². The third-order valence-corrected chi connectivity index (χ3v) is 6.05. The molecule has 30 heavy (non-hydrogen) atoms. The first-order valence-electron chi connectivity index (χ1n) is 11.4. The topological polar surface area (TPSA) is 65.2 Å². The van der Waals surface area contributed by atoms with Crippen LogP contribution in [0.1, 0.15) is 82.8 Å². The fourth-order valence-electron chi connectivity index (χ4n) is 4.28. The minimum atomic E-state index is 0.00817. The molecule has 1 aromatic rings. The molecule has 1 saturated carbocycles. The molecule has 1 amide bonds. The van der Waals surface area contributed by atoms with Crippen molar-refractivity contribution in [2.75, 3.05) is 0 Å². The predicted molar refractivity (Wildman–Crippen MR) is 125 cm³/mol. The van der Waals surface area contributed by atoms with Crippen molar-refractivity contribution in [2.24, 2.45) is 10.9 Å². The quantitative estimate of drug-likeness (QED) is 0.362. The fraction of sp³-hybridized carbons (Fsp3) is 0.577. The first kappa shape index (κ1) is 23.9. The molecule has 4 heteroatoms. The maximum Gasteiger partial charge on any atom is 0.220 e. The van der Waals surface area contributed by atoms with Crippen LogP contribution in [0.15, 0.2) is 35.3 Å². The van der Waals surface area contributed by atoms with Gasteiger partial charge in [0.05, 0.1) is 11.8 Å². The lowest BCUT2D eigenvalue weighted by Crippen LogP contribution is -2.37. The Hall–Kier alpha value is -2.41. The molecule has 1 aromatic carbocycles. The number of aliphatic imine (C=N–C) groups is 1. The molecule has 1 aliphatic rings. The number of aryl methyl sites for hydroxylation is 2. The summed E-state index contributed by atoms with van der Waals surface area (Å²) >= 11 is 0. The number of hydrogen-bond donors (Lipinski definition) is 1. The van der Waals surface area contributed by atoms with Crippen molar-refractivity contribution in [3.05, 3.63) is 41.5 Å². The molecule has 0 spiro atoms. The van der Waals surface area contributed by atoms with Gasteiger partial charge in [-0.1, -0.05) is 57.7 Å². The van der Waals surface area contributed by atoms with Crippen LogP contribution >= 0.6 is 0 Å². The number of benzene rings is 1. The number of amides is 1. The molecular weight excluding hydrogens is 370 g/mol. The van der Waals surface area contributed by atoms with E-state index in [-0.39, 0.29) is 11.9 Å². The second-order valence-electron chi connectivity index (χ2n) is 8.75. The average molecular weight is 408 g/mol. The van der Waals surface area contributed by atoms with Crippen molar-refractivity contribution >= 4 is 17.3 Å². The second-order valence-corrected chi connectivity index (χ2v) is 8.75. The number of hydrogen-bond acceptors (Lipinski definition) is 3. The van der Waals surface area contributed by atoms with Gasteiger partial charge in [-0.05, 0) is 56.2 Å². The van der Waals surface area contributed by atoms with E-state index in [2.05, 4.69) is 50.0 Å². The molecule has 4 nitrogen and oxygen atoms in total. The summed E-state index contributed by atoms with van der Waals surface area (Å²) in [4.78, 5) is 17.3. The van der Waals surface area contributed by atoms with Crippen molar-refractivity contribution in [1.29, 1.82) is 5.26 Å². The maximum atomic E-state index is 12.6. The van der Waals surface area contributed by atoms with E-state index >= 15 is 0 Å². The molecule has 0 aromatic heterocycles. The van der Waals surface area contributed by atoms with Crippen LogP contribution in [-0.2, 0) is 11.2 Å². The lowest BCUT2D eigenvalue weighted by molar-refractivity contribution is -0.121. The molecule has 2 rings (SSSR count). The van der Waals surface area contributed by atoms with Gasteiger partial charge in [0.1, 0.15) is 0 Å². The van der Waals surface area contributed by atoms with Crippen molar-refractivity contribution in [1.82, 2.24) is 5.32 Å². The molecule has 0 heterocycles. The zero-order chi connectivity index (χ0) is 21.9. The van der Waals surface area contributed by atoms with Gasteiger partial charge in [-0.15, -0.1) is 0 Å². The Kier molecular flexibility index (Phi) is 9.80. The summed E-state index contributed by atoms with van der Waals surface area (Å²) in [5.74, 6) is 0.682. The van der Waals surface area contributed by atoms with Crippen LogP contribution in [0.2, 0.25) is 0 Å². The molecular formula is C26H37N3O. The van der Waals surface area contributed by atoms with E-state index in [1.54, 1.807) is 0 Å². The molecule has 1 aliphatic carbocycles. The van der Waals surface area contributed by atoms with Gasteiger partial charge in [-0.3, -0.25) is 9.79 Å². The van der Waals surface area contributed by atoms with Gasteiger partial charge in [0.25, 0.3) is 0 Å². The van der Waals surface area contributed by atoms with Crippen LogP contribution < -0.4 is 5.32 Å². The lowest BCUT2D eigenvalue weighted by atomic mass is 9.83. The van der Waals surface area contributed by atoms with E-state index in [9.17, 15) is 4.79 Å². The molecule has 1 N–H and O–H groups in total. The molecule has 1 fully saturated rings. The highest BCUT2D eigenvalue weighted by atomic mass is 16.1. The molecule has 0 aliphatic heterocycles. The van der Waals surface area contributed by atoms with Crippen LogP contribution in [-0.4, -0.2) is 17.7 Å². The lowest BCUT2D eigenvalue weighted by Gasteiger charge is -2.27. The van der Waals surface area contributed by atoms with Gasteiger partial charge >= 0.3 is 0 Å². The molecule has 162 valence electrons. The smallest absolute Gasteiger partial charge is 0.220 e. The maximum absolute atomic E-state index is 12.6. The van der Waals surface area contributed by atoms with Gasteiger partial charge in [0, 0.05) is 30.2 Å². The standard InChI is InChI=1S/C26H37N3O/c1-5-22-12-13-25(20(3)16-22)28-21(4)11-14-26(30)29-24(15-19(2)18-27)17-23-9-7-6-8-10-23/h12-13,16,23-24H,2,5-11,14-15,17H2,1,3-4H3,(H,29,30). The number of rotatable bonds is 10. The minimum Gasteiger partial charge on any atom is -0.353 e. The predicted octanol–water partition coefficient (Wildman–Crippen LogP) is 6.36. The molecule has 0 radical (unpaired) electrons. The van der Waals surface area contributed by atoms with E-state index in [4.69, 9.17) is 10.3 Å². The third-order valence-electron chi connectivity index (χ3n) is 6.05. The monoisotopic (exact) mass is 407 g/mol. The summed E-state index contributed by atoms with van der Waals surface area (Å²) in [6, 6.07) is 8.49. The highest BCUT2D eigenvalue weighted by Gasteiger charge is 2.21. The van der Waals surface area contributed by atoms with E-state index in [1.165, 1.54) is 43.2 Å². The SMILES string of the molecule is C=C(C#N)CC(CC1CCCCC1)NC(=O)CCC(C)=Nc1ccc(CC)cc1C. The van der Waals surface area contributed by atoms with Crippen molar-refractivity contribution < 1.29 is 4.79 Å². The molecule has 0 saturated heterocycles. The van der Waals surface area contributed by atoms with Crippen molar-refractivity contribution in [2.45, 2.75) is 91.0 Å². The van der Waals surface area contributed by atoms with Crippen LogP contribution in [0.5, 0.6) is 0 Å². The summed E-state index contributed by atoms with van der Waals surface area (Å²) < 4.78 is 0. The Morgan fingerprint density at radius 1 is 1.30 bits per heavy atom. The Bertz CT molecular complexity index is 797. The minimum absolute atomic E-state index is 0.00817. The Labute approximate surface area is 182 Å². The third kappa shape index (κ3) is 8.14. The van der Waals surface area contributed by atoms with Crippen LogP contribution in [0.25, 0.3) is 0 Å². The van der Waals surface area contributed by atoms with E-state index < -0.39 is 0 Å². The summed E-state index contributed by atoms with van der Waals surface area (Å²) in [6.07, 6.45) is 9.90. The molecule has 0 bridgehead atoms. The molecule has 1 atom stereocenters. The number of nitriles is 1. The number of carbonyl (C=O) groups is 1. The van der Waals surface area contributed by atoms with Crippen molar-refractivity contribution in [3.8, 4) is 6.07 Å². The summed E-state index contributed by atoms with van der Waals surface area (Å²) in [5, 5.41) is 12.3. The Morgan fingerprint density at radius 2 is 2.03 bits per heavy atom. The largest absolute Gasteiger partial charge is 0.353 e. The van der Waals surface area contributed by atoms with E-state index in [0.29, 0.717) is 30.8 Å². The number of nitrogens with zero attached hydrogens (tertiary/aromatic N) is 2. The first-order valence-corrected chi connectivity index (χ1v) is 11.4. The van der Waals surface area contributed by atoms with Gasteiger partial charge in [0.2, 0.25) is 5.91 Å². The normalized spacial score (nSPS) is 16.0. The zero-order valence-corrected chi connectivity index (χ0v) is 19.0. The summed E-state index contributed by atoms with van der Waals surface area (Å²) in [5.41, 5.74) is 4.96. The summed E-state index contributed by atoms with van der Waals surface area (Å²) in [7, 11) is 0. The Morgan fingerprint density at radius 3 is 2.67 bits per heavy atom. The molecule has 1 unspecified atom stereocenters. The van der Waals surface area contributed by atoms with Gasteiger partial charge in [0.15, 0.2) is 0 Å². The highest BCUT2D eigenvalue weighted by Crippen LogP contribution is 2.28. The van der Waals surface area contributed by atoms with Gasteiger partial charge in [-0.2, -0.15) is 5.26 Å². The van der Waals surface area contributed by atoms with E-state index in [1.807, 2.05) is 6.92 Å². The highest BCUT2D eigenvalue weighted by molar-refractivity contribution is 5.89. The van der Waals surface area contributed by atoms with Gasteiger partial charge < -0.3 is 5.32 Å². The second kappa shape index (κ2) is 12.3. The average Bonchev–Trinajstić information content (AvgIpc) is 2.74. The van der Waals surface area contributed by atoms with Crippen molar-refractivity contribution in [3.63, 3.8) is 0 Å². The van der Waals surface area contributed by atoms with Crippen LogP contribution in [0.4, 0.5) is 5.69 Å². The van der Waals surface area contributed by atoms with Crippen LogP contribution in [0, 0.1) is 24.2 Å². The number of carbonyl (C=O) groups excluding carboxylic acids is 1. The fourth-order valence-corrected chi connectivity index (χ4v) is 4.28.